The highest BCUT2D eigenvalue weighted by Crippen LogP contribution is 2.29. The van der Waals surface area contributed by atoms with Crippen LogP contribution in [0.4, 0.5) is 0 Å². The number of halogens is 1. The molecule has 0 spiro atoms. The van der Waals surface area contributed by atoms with Crippen molar-refractivity contribution in [3.8, 4) is 0 Å². The van der Waals surface area contributed by atoms with E-state index in [-0.39, 0.29) is 0 Å². The van der Waals surface area contributed by atoms with Crippen LogP contribution in [0.25, 0.3) is 0 Å². The third kappa shape index (κ3) is 2.69. The van der Waals surface area contributed by atoms with Gasteiger partial charge in [0.2, 0.25) is 0 Å². The molecule has 0 amide bonds. The van der Waals surface area contributed by atoms with E-state index in [4.69, 9.17) is 21.4 Å². The van der Waals surface area contributed by atoms with Gasteiger partial charge >= 0.3 is 5.97 Å². The van der Waals surface area contributed by atoms with E-state index >= 15 is 0 Å². The molecular weight excluding hydrogens is 212 g/mol. The van der Waals surface area contributed by atoms with Crippen molar-refractivity contribution in [2.24, 2.45) is 0 Å². The van der Waals surface area contributed by atoms with Gasteiger partial charge in [-0.25, -0.2) is 4.79 Å². The summed E-state index contributed by atoms with van der Waals surface area (Å²) in [6.07, 6.45) is -0.887. The van der Waals surface area contributed by atoms with Crippen LogP contribution in [0, 0.1) is 0 Å². The lowest BCUT2D eigenvalue weighted by atomic mass is 10.3. The van der Waals surface area contributed by atoms with Crippen LogP contribution >= 0.6 is 22.9 Å². The van der Waals surface area contributed by atoms with E-state index in [2.05, 4.69) is 0 Å². The van der Waals surface area contributed by atoms with E-state index in [0.717, 1.165) is 0 Å². The van der Waals surface area contributed by atoms with Crippen molar-refractivity contribution in [2.75, 3.05) is 6.61 Å². The van der Waals surface area contributed by atoms with Crippen LogP contribution in [0.5, 0.6) is 0 Å². The van der Waals surface area contributed by atoms with Crippen LogP contribution in [-0.4, -0.2) is 17.7 Å². The molecule has 0 aliphatic carbocycles. The maximum atomic E-state index is 10.7. The molecule has 1 aromatic rings. The number of rotatable bonds is 4. The third-order valence-electron chi connectivity index (χ3n) is 1.41. The second kappa shape index (κ2) is 4.60. The predicted octanol–water partition coefficient (Wildman–Crippen LogP) is 2.56. The third-order valence-corrected chi connectivity index (χ3v) is 2.68. The SMILES string of the molecule is CCOC(C(=O)O)c1ccc(Cl)s1. The number of carbonyl (C=O) groups is 1. The van der Waals surface area contributed by atoms with Crippen LogP contribution in [0.3, 0.4) is 0 Å². The lowest BCUT2D eigenvalue weighted by Crippen LogP contribution is -2.13. The summed E-state index contributed by atoms with van der Waals surface area (Å²) in [5.74, 6) is -0.986. The zero-order valence-electron chi connectivity index (χ0n) is 6.99. The minimum absolute atomic E-state index is 0.368. The van der Waals surface area contributed by atoms with Crippen molar-refractivity contribution in [3.05, 3.63) is 21.3 Å². The number of carboxylic acid groups (broad SMARTS) is 1. The molecule has 1 rings (SSSR count). The Balaban J connectivity index is 2.81. The first-order valence-corrected chi connectivity index (χ1v) is 4.94. The molecule has 72 valence electrons. The van der Waals surface area contributed by atoms with Gasteiger partial charge in [-0.05, 0) is 19.1 Å². The molecule has 1 atom stereocenters. The van der Waals surface area contributed by atoms with E-state index in [1.807, 2.05) is 0 Å². The standard InChI is InChI=1S/C8H9ClO3S/c1-2-12-7(8(10)11)5-3-4-6(9)13-5/h3-4,7H,2H2,1H3,(H,10,11). The number of carboxylic acids is 1. The molecule has 0 saturated heterocycles. The van der Waals surface area contributed by atoms with E-state index < -0.39 is 12.1 Å². The highest BCUT2D eigenvalue weighted by atomic mass is 35.5. The fourth-order valence-corrected chi connectivity index (χ4v) is 2.01. The molecule has 1 aromatic heterocycles. The fourth-order valence-electron chi connectivity index (χ4n) is 0.911. The number of thiophene rings is 1. The van der Waals surface area contributed by atoms with Gasteiger partial charge in [0, 0.05) is 11.5 Å². The topological polar surface area (TPSA) is 46.5 Å². The zero-order chi connectivity index (χ0) is 9.84. The van der Waals surface area contributed by atoms with Gasteiger partial charge in [-0.1, -0.05) is 11.6 Å². The molecule has 3 nitrogen and oxygen atoms in total. The second-order valence-corrected chi connectivity index (χ2v) is 4.06. The van der Waals surface area contributed by atoms with Gasteiger partial charge in [0.05, 0.1) is 4.34 Å². The van der Waals surface area contributed by atoms with Crippen LogP contribution in [-0.2, 0) is 9.53 Å². The summed E-state index contributed by atoms with van der Waals surface area (Å²) in [7, 11) is 0. The molecule has 0 aromatic carbocycles. The maximum absolute atomic E-state index is 10.7. The smallest absolute Gasteiger partial charge is 0.338 e. The van der Waals surface area contributed by atoms with E-state index in [0.29, 0.717) is 15.8 Å². The van der Waals surface area contributed by atoms with Crippen LogP contribution in [0.2, 0.25) is 4.34 Å². The van der Waals surface area contributed by atoms with Gasteiger partial charge in [-0.3, -0.25) is 0 Å². The molecule has 0 aliphatic heterocycles. The average Bonchev–Trinajstić information content (AvgIpc) is 2.46. The number of aliphatic carboxylic acids is 1. The Hall–Kier alpha value is -0.580. The van der Waals surface area contributed by atoms with Gasteiger partial charge < -0.3 is 9.84 Å². The molecule has 1 N–H and O–H groups in total. The van der Waals surface area contributed by atoms with Crippen molar-refractivity contribution < 1.29 is 14.6 Å². The summed E-state index contributed by atoms with van der Waals surface area (Å²) in [5.41, 5.74) is 0. The molecule has 1 heterocycles. The molecule has 0 saturated carbocycles. The quantitative estimate of drug-likeness (QED) is 0.849. The molecule has 0 aliphatic rings. The van der Waals surface area contributed by atoms with Crippen LogP contribution in [0.15, 0.2) is 12.1 Å². The largest absolute Gasteiger partial charge is 0.479 e. The highest BCUT2D eigenvalue weighted by Gasteiger charge is 2.21. The Bertz CT molecular complexity index is 297. The first-order valence-electron chi connectivity index (χ1n) is 3.74. The van der Waals surface area contributed by atoms with Gasteiger partial charge in [0.25, 0.3) is 0 Å². The van der Waals surface area contributed by atoms with Gasteiger partial charge in [-0.15, -0.1) is 11.3 Å². The summed E-state index contributed by atoms with van der Waals surface area (Å²) in [4.78, 5) is 11.4. The van der Waals surface area contributed by atoms with Crippen molar-refractivity contribution >= 4 is 28.9 Å². The van der Waals surface area contributed by atoms with Crippen molar-refractivity contribution in [2.45, 2.75) is 13.0 Å². The Kier molecular flexibility index (Phi) is 3.71. The van der Waals surface area contributed by atoms with Crippen LogP contribution < -0.4 is 0 Å². The Morgan fingerprint density at radius 1 is 1.77 bits per heavy atom. The van der Waals surface area contributed by atoms with Crippen LogP contribution in [0.1, 0.15) is 17.9 Å². The Morgan fingerprint density at radius 2 is 2.46 bits per heavy atom. The highest BCUT2D eigenvalue weighted by molar-refractivity contribution is 7.16. The minimum Gasteiger partial charge on any atom is -0.479 e. The predicted molar refractivity (Wildman–Crippen MR) is 51.3 cm³/mol. The lowest BCUT2D eigenvalue weighted by Gasteiger charge is -2.09. The molecule has 13 heavy (non-hydrogen) atoms. The number of hydrogen-bond acceptors (Lipinski definition) is 3. The monoisotopic (exact) mass is 220 g/mol. The van der Waals surface area contributed by atoms with E-state index in [1.165, 1.54) is 11.3 Å². The van der Waals surface area contributed by atoms with E-state index in [1.54, 1.807) is 19.1 Å². The summed E-state index contributed by atoms with van der Waals surface area (Å²) in [5, 5.41) is 8.81. The lowest BCUT2D eigenvalue weighted by molar-refractivity contribution is -0.150. The summed E-state index contributed by atoms with van der Waals surface area (Å²) in [6.45, 7) is 2.12. The molecule has 1 unspecified atom stereocenters. The fraction of sp³-hybridized carbons (Fsp3) is 0.375. The first-order chi connectivity index (χ1) is 6.15. The van der Waals surface area contributed by atoms with Gasteiger partial charge in [0.15, 0.2) is 6.10 Å². The molecule has 5 heteroatoms. The second-order valence-electron chi connectivity index (χ2n) is 2.32. The van der Waals surface area contributed by atoms with Gasteiger partial charge in [-0.2, -0.15) is 0 Å². The number of hydrogen-bond donors (Lipinski definition) is 1. The molecular formula is C8H9ClO3S. The maximum Gasteiger partial charge on any atom is 0.338 e. The van der Waals surface area contributed by atoms with Crippen molar-refractivity contribution in [3.63, 3.8) is 0 Å². The van der Waals surface area contributed by atoms with Crippen molar-refractivity contribution in [1.29, 1.82) is 0 Å². The normalized spacial score (nSPS) is 12.8. The average molecular weight is 221 g/mol. The summed E-state index contributed by atoms with van der Waals surface area (Å²) in [6, 6.07) is 3.33. The zero-order valence-corrected chi connectivity index (χ0v) is 8.56. The minimum atomic E-state index is -0.986. The molecule has 0 radical (unpaired) electrons. The molecule has 0 bridgehead atoms. The van der Waals surface area contributed by atoms with Gasteiger partial charge in [0.1, 0.15) is 0 Å². The number of ether oxygens (including phenoxy) is 1. The van der Waals surface area contributed by atoms with E-state index in [9.17, 15) is 4.79 Å². The molecule has 0 fully saturated rings. The Labute approximate surface area is 84.9 Å². The Morgan fingerprint density at radius 3 is 2.85 bits per heavy atom. The summed E-state index contributed by atoms with van der Waals surface area (Å²) >= 11 is 6.90. The summed E-state index contributed by atoms with van der Waals surface area (Å²) < 4.78 is 5.63. The first kappa shape index (κ1) is 10.5. The van der Waals surface area contributed by atoms with Crippen molar-refractivity contribution in [1.82, 2.24) is 0 Å².